The standard InChI is InChI=1S/C18H20ClFN4O2/c1-3-13(24-10(2)8-15(21)25)11-4-5-12(19)16(17(11)20)18(26)14-6-7-22-9-23-14/h4-7,9-10,13,24H,3,8H2,1-2H3,(H2,21,25)/t10-,13+/m0/s1. The summed E-state index contributed by atoms with van der Waals surface area (Å²) < 4.78 is 15.1. The van der Waals surface area contributed by atoms with Gasteiger partial charge in [0.15, 0.2) is 0 Å². The first-order valence-corrected chi connectivity index (χ1v) is 8.55. The van der Waals surface area contributed by atoms with Crippen molar-refractivity contribution < 1.29 is 14.0 Å². The van der Waals surface area contributed by atoms with Crippen molar-refractivity contribution in [2.45, 2.75) is 38.8 Å². The molecule has 0 saturated heterocycles. The zero-order chi connectivity index (χ0) is 19.3. The van der Waals surface area contributed by atoms with Crippen molar-refractivity contribution >= 4 is 23.3 Å². The van der Waals surface area contributed by atoms with Crippen molar-refractivity contribution in [3.63, 3.8) is 0 Å². The van der Waals surface area contributed by atoms with Crippen molar-refractivity contribution in [3.8, 4) is 0 Å². The molecule has 6 nitrogen and oxygen atoms in total. The predicted octanol–water partition coefficient (Wildman–Crippen LogP) is 2.80. The van der Waals surface area contributed by atoms with Crippen LogP contribution in [0, 0.1) is 5.82 Å². The lowest BCUT2D eigenvalue weighted by Gasteiger charge is -2.23. The predicted molar refractivity (Wildman–Crippen MR) is 96.3 cm³/mol. The molecule has 0 spiro atoms. The van der Waals surface area contributed by atoms with E-state index in [2.05, 4.69) is 15.3 Å². The van der Waals surface area contributed by atoms with E-state index < -0.39 is 23.5 Å². The van der Waals surface area contributed by atoms with Crippen LogP contribution in [0.5, 0.6) is 0 Å². The van der Waals surface area contributed by atoms with E-state index in [0.717, 1.165) is 0 Å². The van der Waals surface area contributed by atoms with Gasteiger partial charge in [0.25, 0.3) is 0 Å². The minimum Gasteiger partial charge on any atom is -0.370 e. The number of nitrogens with one attached hydrogen (secondary N) is 1. The van der Waals surface area contributed by atoms with Gasteiger partial charge in [-0.1, -0.05) is 24.6 Å². The summed E-state index contributed by atoms with van der Waals surface area (Å²) >= 11 is 6.08. The van der Waals surface area contributed by atoms with Crippen LogP contribution in [0.25, 0.3) is 0 Å². The number of nitrogens with zero attached hydrogens (tertiary/aromatic N) is 2. The number of ketones is 1. The van der Waals surface area contributed by atoms with E-state index in [1.54, 1.807) is 6.92 Å². The third-order valence-corrected chi connectivity index (χ3v) is 4.25. The zero-order valence-electron chi connectivity index (χ0n) is 14.5. The highest BCUT2D eigenvalue weighted by atomic mass is 35.5. The van der Waals surface area contributed by atoms with E-state index in [9.17, 15) is 9.59 Å². The lowest BCUT2D eigenvalue weighted by Crippen LogP contribution is -2.34. The number of benzene rings is 1. The number of hydrogen-bond acceptors (Lipinski definition) is 5. The van der Waals surface area contributed by atoms with Crippen LogP contribution in [0.1, 0.15) is 54.3 Å². The molecule has 138 valence electrons. The van der Waals surface area contributed by atoms with Crippen LogP contribution >= 0.6 is 11.6 Å². The Bertz CT molecular complexity index is 801. The van der Waals surface area contributed by atoms with Crippen LogP contribution in [-0.4, -0.2) is 27.7 Å². The number of carbonyl (C=O) groups is 2. The molecule has 2 atom stereocenters. The van der Waals surface area contributed by atoms with Crippen molar-refractivity contribution in [1.82, 2.24) is 15.3 Å². The quantitative estimate of drug-likeness (QED) is 0.688. The van der Waals surface area contributed by atoms with Gasteiger partial charge in [0.1, 0.15) is 17.8 Å². The molecular weight excluding hydrogens is 359 g/mol. The Morgan fingerprint density at radius 1 is 1.35 bits per heavy atom. The molecule has 1 aromatic heterocycles. The molecule has 3 N–H and O–H groups in total. The summed E-state index contributed by atoms with van der Waals surface area (Å²) in [6.07, 6.45) is 3.28. The molecule has 0 radical (unpaired) electrons. The van der Waals surface area contributed by atoms with Gasteiger partial charge in [0.05, 0.1) is 10.6 Å². The van der Waals surface area contributed by atoms with Gasteiger partial charge >= 0.3 is 0 Å². The molecule has 26 heavy (non-hydrogen) atoms. The Morgan fingerprint density at radius 3 is 2.65 bits per heavy atom. The van der Waals surface area contributed by atoms with E-state index in [1.165, 1.54) is 30.7 Å². The minimum atomic E-state index is -0.702. The van der Waals surface area contributed by atoms with Crippen molar-refractivity contribution in [2.24, 2.45) is 5.73 Å². The topological polar surface area (TPSA) is 98.0 Å². The largest absolute Gasteiger partial charge is 0.370 e. The van der Waals surface area contributed by atoms with Gasteiger partial charge in [-0.25, -0.2) is 14.4 Å². The number of rotatable bonds is 8. The monoisotopic (exact) mass is 378 g/mol. The Kier molecular flexibility index (Phi) is 6.76. The normalized spacial score (nSPS) is 13.2. The van der Waals surface area contributed by atoms with Gasteiger partial charge in [0, 0.05) is 30.3 Å². The first-order valence-electron chi connectivity index (χ1n) is 8.18. The maximum absolute atomic E-state index is 15.1. The molecule has 2 aromatic rings. The fraction of sp³-hybridized carbons (Fsp3) is 0.333. The Morgan fingerprint density at radius 2 is 2.08 bits per heavy atom. The van der Waals surface area contributed by atoms with E-state index in [0.29, 0.717) is 12.0 Å². The molecule has 0 fully saturated rings. The van der Waals surface area contributed by atoms with Gasteiger partial charge in [-0.05, 0) is 25.5 Å². The summed E-state index contributed by atoms with van der Waals surface area (Å²) in [7, 11) is 0. The number of amides is 1. The van der Waals surface area contributed by atoms with Gasteiger partial charge in [-0.3, -0.25) is 9.59 Å². The maximum Gasteiger partial charge on any atom is 0.218 e. The summed E-state index contributed by atoms with van der Waals surface area (Å²) in [6.45, 7) is 3.66. The van der Waals surface area contributed by atoms with Crippen LogP contribution < -0.4 is 11.1 Å². The summed E-state index contributed by atoms with van der Waals surface area (Å²) in [5.41, 5.74) is 5.32. The SMILES string of the molecule is CC[C@@H](N[C@@H](C)CC(N)=O)c1ccc(Cl)c(C(=O)c2ccncn2)c1F. The zero-order valence-corrected chi connectivity index (χ0v) is 15.3. The highest BCUT2D eigenvalue weighted by Crippen LogP contribution is 2.29. The van der Waals surface area contributed by atoms with Crippen molar-refractivity contribution in [1.29, 1.82) is 0 Å². The molecule has 0 aliphatic rings. The average Bonchev–Trinajstić information content (AvgIpc) is 2.60. The third kappa shape index (κ3) is 4.62. The average molecular weight is 379 g/mol. The molecule has 0 unspecified atom stereocenters. The molecule has 8 heteroatoms. The van der Waals surface area contributed by atoms with Gasteiger partial charge in [-0.2, -0.15) is 0 Å². The van der Waals surface area contributed by atoms with E-state index in [4.69, 9.17) is 17.3 Å². The Balaban J connectivity index is 2.38. The number of hydrogen-bond donors (Lipinski definition) is 2. The second kappa shape index (κ2) is 8.82. The highest BCUT2D eigenvalue weighted by molar-refractivity contribution is 6.35. The van der Waals surface area contributed by atoms with Crippen molar-refractivity contribution in [3.05, 3.63) is 58.4 Å². The van der Waals surface area contributed by atoms with Crippen LogP contribution in [0.3, 0.4) is 0 Å². The van der Waals surface area contributed by atoms with Gasteiger partial charge in [-0.15, -0.1) is 0 Å². The number of aromatic nitrogens is 2. The lowest BCUT2D eigenvalue weighted by molar-refractivity contribution is -0.118. The smallest absolute Gasteiger partial charge is 0.218 e. The Hall–Kier alpha value is -2.38. The number of halogens is 2. The molecule has 0 bridgehead atoms. The minimum absolute atomic E-state index is 0.00917. The van der Waals surface area contributed by atoms with E-state index >= 15 is 4.39 Å². The summed E-state index contributed by atoms with van der Waals surface area (Å²) in [5.74, 6) is -1.76. The van der Waals surface area contributed by atoms with Crippen LogP contribution in [0.15, 0.2) is 30.7 Å². The molecule has 0 aliphatic carbocycles. The highest BCUT2D eigenvalue weighted by Gasteiger charge is 2.25. The van der Waals surface area contributed by atoms with Gasteiger partial charge in [0.2, 0.25) is 11.7 Å². The summed E-state index contributed by atoms with van der Waals surface area (Å²) in [6, 6.07) is 3.77. The number of carbonyl (C=O) groups excluding carboxylic acids is 2. The second-order valence-electron chi connectivity index (χ2n) is 5.95. The molecule has 1 heterocycles. The maximum atomic E-state index is 15.1. The third-order valence-electron chi connectivity index (χ3n) is 3.94. The molecular formula is C18H20ClFN4O2. The molecule has 2 rings (SSSR count). The Labute approximate surface area is 156 Å². The molecule has 1 amide bonds. The molecule has 1 aromatic carbocycles. The summed E-state index contributed by atoms with van der Waals surface area (Å²) in [4.78, 5) is 31.3. The van der Waals surface area contributed by atoms with Gasteiger partial charge < -0.3 is 11.1 Å². The molecule has 0 aliphatic heterocycles. The first kappa shape index (κ1) is 19.9. The van der Waals surface area contributed by atoms with Crippen molar-refractivity contribution in [2.75, 3.05) is 0 Å². The lowest BCUT2D eigenvalue weighted by atomic mass is 9.97. The second-order valence-corrected chi connectivity index (χ2v) is 6.36. The van der Waals surface area contributed by atoms with E-state index in [-0.39, 0.29) is 28.7 Å². The number of nitrogens with two attached hydrogens (primary N) is 1. The fourth-order valence-corrected chi connectivity index (χ4v) is 2.96. The molecule has 0 saturated carbocycles. The van der Waals surface area contributed by atoms with E-state index in [1.807, 2.05) is 6.92 Å². The first-order chi connectivity index (χ1) is 12.3. The number of primary amides is 1. The fourth-order valence-electron chi connectivity index (χ4n) is 2.73. The summed E-state index contributed by atoms with van der Waals surface area (Å²) in [5, 5.41) is 3.17. The van der Waals surface area contributed by atoms with Crippen LogP contribution in [-0.2, 0) is 4.79 Å². The van der Waals surface area contributed by atoms with Crippen LogP contribution in [0.2, 0.25) is 5.02 Å². The van der Waals surface area contributed by atoms with Crippen LogP contribution in [0.4, 0.5) is 4.39 Å².